The number of carbonyl (C=O) groups is 2. The maximum absolute atomic E-state index is 12.3. The Balaban J connectivity index is 2.33. The zero-order valence-corrected chi connectivity index (χ0v) is 11.7. The van der Waals surface area contributed by atoms with Crippen LogP contribution in [0.5, 0.6) is 0 Å². The molecule has 0 aromatic heterocycles. The predicted octanol–water partition coefficient (Wildman–Crippen LogP) is 1.20. The molecule has 2 N–H and O–H groups in total. The van der Waals surface area contributed by atoms with Crippen LogP contribution in [0, 0.1) is 0 Å². The Morgan fingerprint density at radius 1 is 1.16 bits per heavy atom. The molecule has 5 nitrogen and oxygen atoms in total. The first-order chi connectivity index (χ1) is 8.74. The van der Waals surface area contributed by atoms with Gasteiger partial charge in [-0.25, -0.2) is 0 Å². The van der Waals surface area contributed by atoms with Crippen LogP contribution in [0.25, 0.3) is 0 Å². The van der Waals surface area contributed by atoms with Crippen molar-refractivity contribution in [3.63, 3.8) is 0 Å². The summed E-state index contributed by atoms with van der Waals surface area (Å²) in [5.74, 6) is -0.503. The van der Waals surface area contributed by atoms with E-state index in [1.165, 1.54) is 4.90 Å². The minimum Gasteiger partial charge on any atom is -0.399 e. The van der Waals surface area contributed by atoms with Gasteiger partial charge in [-0.2, -0.15) is 0 Å². The van der Waals surface area contributed by atoms with Gasteiger partial charge in [0.25, 0.3) is 11.8 Å². The third-order valence-corrected chi connectivity index (χ3v) is 3.75. The highest BCUT2D eigenvalue weighted by Gasteiger charge is 2.39. The SMILES string of the molecule is CN(C)C(C)(C)CN1C(=O)c2ccc(N)cc2C1=O. The van der Waals surface area contributed by atoms with E-state index in [0.29, 0.717) is 23.4 Å². The topological polar surface area (TPSA) is 66.6 Å². The second kappa shape index (κ2) is 4.35. The zero-order valence-electron chi connectivity index (χ0n) is 11.7. The van der Waals surface area contributed by atoms with Crippen LogP contribution < -0.4 is 5.73 Å². The van der Waals surface area contributed by atoms with Gasteiger partial charge in [0.1, 0.15) is 0 Å². The largest absolute Gasteiger partial charge is 0.399 e. The number of nitrogen functional groups attached to an aromatic ring is 1. The smallest absolute Gasteiger partial charge is 0.261 e. The van der Waals surface area contributed by atoms with E-state index in [4.69, 9.17) is 5.73 Å². The van der Waals surface area contributed by atoms with Crippen LogP contribution >= 0.6 is 0 Å². The van der Waals surface area contributed by atoms with Crippen LogP contribution in [0.1, 0.15) is 34.6 Å². The van der Waals surface area contributed by atoms with Crippen molar-refractivity contribution in [3.8, 4) is 0 Å². The summed E-state index contributed by atoms with van der Waals surface area (Å²) in [4.78, 5) is 27.8. The standard InChI is InChI=1S/C14H19N3O2/c1-14(2,16(3)4)8-17-12(18)10-6-5-9(15)7-11(10)13(17)19/h5-7H,8,15H2,1-4H3. The number of likely N-dealkylation sites (N-methyl/N-ethyl adjacent to an activating group) is 1. The van der Waals surface area contributed by atoms with Crippen molar-refractivity contribution in [3.05, 3.63) is 29.3 Å². The van der Waals surface area contributed by atoms with Crippen molar-refractivity contribution in [1.82, 2.24) is 9.80 Å². The molecule has 0 atom stereocenters. The van der Waals surface area contributed by atoms with Gasteiger partial charge in [0.15, 0.2) is 0 Å². The summed E-state index contributed by atoms with van der Waals surface area (Å²) >= 11 is 0. The van der Waals surface area contributed by atoms with Crippen molar-refractivity contribution in [2.45, 2.75) is 19.4 Å². The summed E-state index contributed by atoms with van der Waals surface area (Å²) in [7, 11) is 3.85. The first kappa shape index (κ1) is 13.5. The Kier molecular flexibility index (Phi) is 3.10. The normalized spacial score (nSPS) is 15.3. The van der Waals surface area contributed by atoms with Crippen molar-refractivity contribution in [2.24, 2.45) is 0 Å². The molecule has 19 heavy (non-hydrogen) atoms. The molecule has 2 rings (SSSR count). The highest BCUT2D eigenvalue weighted by molar-refractivity contribution is 6.21. The Morgan fingerprint density at radius 3 is 2.32 bits per heavy atom. The van der Waals surface area contributed by atoms with Crippen molar-refractivity contribution in [1.29, 1.82) is 0 Å². The van der Waals surface area contributed by atoms with E-state index < -0.39 is 0 Å². The summed E-state index contributed by atoms with van der Waals surface area (Å²) in [6.45, 7) is 4.34. The Labute approximate surface area is 113 Å². The van der Waals surface area contributed by atoms with E-state index in [2.05, 4.69) is 0 Å². The molecule has 0 saturated heterocycles. The molecule has 0 spiro atoms. The molecule has 0 saturated carbocycles. The number of amides is 2. The number of benzene rings is 1. The van der Waals surface area contributed by atoms with Crippen LogP contribution in [-0.2, 0) is 0 Å². The van der Waals surface area contributed by atoms with Gasteiger partial charge in [0.05, 0.1) is 11.1 Å². The van der Waals surface area contributed by atoms with Gasteiger partial charge in [-0.3, -0.25) is 14.5 Å². The van der Waals surface area contributed by atoms with Crippen molar-refractivity contribution < 1.29 is 9.59 Å². The molecule has 0 unspecified atom stereocenters. The fraction of sp³-hybridized carbons (Fsp3) is 0.429. The maximum atomic E-state index is 12.3. The monoisotopic (exact) mass is 261 g/mol. The molecule has 1 heterocycles. The summed E-state index contributed by atoms with van der Waals surface area (Å²) in [5, 5.41) is 0. The first-order valence-corrected chi connectivity index (χ1v) is 6.17. The van der Waals surface area contributed by atoms with Crippen LogP contribution in [0.3, 0.4) is 0 Å². The van der Waals surface area contributed by atoms with E-state index in [0.717, 1.165) is 0 Å². The molecular weight excluding hydrogens is 242 g/mol. The lowest BCUT2D eigenvalue weighted by atomic mass is 10.0. The van der Waals surface area contributed by atoms with Crippen LogP contribution in [-0.4, -0.2) is 47.8 Å². The molecule has 1 aliphatic rings. The summed E-state index contributed by atoms with van der Waals surface area (Å²) < 4.78 is 0. The lowest BCUT2D eigenvalue weighted by Gasteiger charge is -2.35. The third-order valence-electron chi connectivity index (χ3n) is 3.75. The minimum atomic E-state index is -0.279. The molecule has 102 valence electrons. The van der Waals surface area contributed by atoms with Gasteiger partial charge in [0.2, 0.25) is 0 Å². The van der Waals surface area contributed by atoms with Crippen LogP contribution in [0.4, 0.5) is 5.69 Å². The van der Waals surface area contributed by atoms with Crippen LogP contribution in [0.15, 0.2) is 18.2 Å². The average molecular weight is 261 g/mol. The van der Waals surface area contributed by atoms with E-state index >= 15 is 0 Å². The number of imide groups is 1. The van der Waals surface area contributed by atoms with Gasteiger partial charge in [-0.1, -0.05) is 0 Å². The zero-order chi connectivity index (χ0) is 14.4. The summed E-state index contributed by atoms with van der Waals surface area (Å²) in [6, 6.07) is 4.83. The first-order valence-electron chi connectivity index (χ1n) is 6.17. The lowest BCUT2D eigenvalue weighted by molar-refractivity contribution is 0.0547. The molecule has 1 aromatic carbocycles. The van der Waals surface area contributed by atoms with Gasteiger partial charge in [-0.05, 0) is 46.1 Å². The number of hydrogen-bond acceptors (Lipinski definition) is 4. The molecule has 1 aromatic rings. The number of anilines is 1. The molecule has 0 bridgehead atoms. The molecule has 0 aliphatic carbocycles. The number of rotatable bonds is 3. The minimum absolute atomic E-state index is 0.241. The second-order valence-corrected chi connectivity index (χ2v) is 5.71. The lowest BCUT2D eigenvalue weighted by Crippen LogP contribution is -2.50. The predicted molar refractivity (Wildman–Crippen MR) is 74.0 cm³/mol. The van der Waals surface area contributed by atoms with Gasteiger partial charge < -0.3 is 10.6 Å². The Bertz CT molecular complexity index is 550. The van der Waals surface area contributed by atoms with Gasteiger partial charge >= 0.3 is 0 Å². The highest BCUT2D eigenvalue weighted by atomic mass is 16.2. The number of carbonyl (C=O) groups excluding carboxylic acids is 2. The van der Waals surface area contributed by atoms with Crippen LogP contribution in [0.2, 0.25) is 0 Å². The van der Waals surface area contributed by atoms with E-state index in [-0.39, 0.29) is 17.4 Å². The molecule has 0 radical (unpaired) electrons. The fourth-order valence-corrected chi connectivity index (χ4v) is 1.98. The van der Waals surface area contributed by atoms with Crippen molar-refractivity contribution >= 4 is 17.5 Å². The Morgan fingerprint density at radius 2 is 1.74 bits per heavy atom. The van der Waals surface area contributed by atoms with E-state index in [9.17, 15) is 9.59 Å². The number of hydrogen-bond donors (Lipinski definition) is 1. The molecule has 0 fully saturated rings. The fourth-order valence-electron chi connectivity index (χ4n) is 1.98. The number of fused-ring (bicyclic) bond motifs is 1. The molecule has 5 heteroatoms. The summed E-state index contributed by atoms with van der Waals surface area (Å²) in [5.41, 5.74) is 6.73. The van der Waals surface area contributed by atoms with Crippen molar-refractivity contribution in [2.75, 3.05) is 26.4 Å². The number of nitrogens with two attached hydrogens (primary N) is 1. The van der Waals surface area contributed by atoms with E-state index in [1.807, 2.05) is 32.8 Å². The second-order valence-electron chi connectivity index (χ2n) is 5.71. The third kappa shape index (κ3) is 2.21. The maximum Gasteiger partial charge on any atom is 0.261 e. The highest BCUT2D eigenvalue weighted by Crippen LogP contribution is 2.27. The average Bonchev–Trinajstić information content (AvgIpc) is 2.54. The molecule has 2 amide bonds. The van der Waals surface area contributed by atoms with Gasteiger partial charge in [0, 0.05) is 17.8 Å². The van der Waals surface area contributed by atoms with Gasteiger partial charge in [-0.15, -0.1) is 0 Å². The molecule has 1 aliphatic heterocycles. The number of nitrogens with zero attached hydrogens (tertiary/aromatic N) is 2. The quantitative estimate of drug-likeness (QED) is 0.656. The summed E-state index contributed by atoms with van der Waals surface area (Å²) in [6.07, 6.45) is 0. The van der Waals surface area contributed by atoms with E-state index in [1.54, 1.807) is 18.2 Å². The Hall–Kier alpha value is -1.88. The molecular formula is C14H19N3O2.